The van der Waals surface area contributed by atoms with Crippen LogP contribution in [0, 0.1) is 0 Å². The van der Waals surface area contributed by atoms with Crippen molar-refractivity contribution in [3.63, 3.8) is 0 Å². The molecule has 0 bridgehead atoms. The summed E-state index contributed by atoms with van der Waals surface area (Å²) in [5.74, 6) is 0. The number of rotatable bonds is 5. The first-order chi connectivity index (χ1) is 8.65. The summed E-state index contributed by atoms with van der Waals surface area (Å²) in [5.41, 5.74) is 0.659. The van der Waals surface area contributed by atoms with E-state index in [0.29, 0.717) is 17.5 Å². The van der Waals surface area contributed by atoms with Crippen LogP contribution < -0.4 is 4.72 Å². The van der Waals surface area contributed by atoms with Crippen molar-refractivity contribution in [2.24, 2.45) is 0 Å². The van der Waals surface area contributed by atoms with Gasteiger partial charge in [-0.05, 0) is 24.3 Å². The Morgan fingerprint density at radius 2 is 2.11 bits per heavy atom. The first-order valence-corrected chi connectivity index (χ1v) is 6.96. The summed E-state index contributed by atoms with van der Waals surface area (Å²) in [6.07, 6.45) is 1.64. The van der Waals surface area contributed by atoms with Gasteiger partial charge in [0.25, 0.3) is 0 Å². The van der Waals surface area contributed by atoms with E-state index in [2.05, 4.69) is 9.71 Å². The molecule has 0 fully saturated rings. The summed E-state index contributed by atoms with van der Waals surface area (Å²) < 4.78 is 31.6. The zero-order valence-electron chi connectivity index (χ0n) is 9.96. The lowest BCUT2D eigenvalue weighted by molar-refractivity contribution is 0.204. The van der Waals surface area contributed by atoms with Gasteiger partial charge in [-0.3, -0.25) is 4.98 Å². The third-order valence-electron chi connectivity index (χ3n) is 2.49. The number of sulfonamides is 1. The molecule has 0 aliphatic rings. The van der Waals surface area contributed by atoms with Gasteiger partial charge in [-0.25, -0.2) is 13.1 Å². The molecule has 2 rings (SSSR count). The highest BCUT2D eigenvalue weighted by Crippen LogP contribution is 2.20. The minimum Gasteiger partial charge on any atom is -0.383 e. The Hall–Kier alpha value is -1.50. The van der Waals surface area contributed by atoms with E-state index in [4.69, 9.17) is 4.74 Å². The van der Waals surface area contributed by atoms with Gasteiger partial charge in [0, 0.05) is 25.2 Å². The molecule has 0 spiro atoms. The number of nitrogens with one attached hydrogen (secondary N) is 1. The highest BCUT2D eigenvalue weighted by Gasteiger charge is 2.16. The molecule has 0 unspecified atom stereocenters. The lowest BCUT2D eigenvalue weighted by Gasteiger charge is -2.08. The van der Waals surface area contributed by atoms with Gasteiger partial charge in [0.1, 0.15) is 0 Å². The van der Waals surface area contributed by atoms with Crippen LogP contribution in [0.25, 0.3) is 10.9 Å². The summed E-state index contributed by atoms with van der Waals surface area (Å²) in [7, 11) is -2.01. The van der Waals surface area contributed by atoms with E-state index in [1.54, 1.807) is 36.5 Å². The van der Waals surface area contributed by atoms with Crippen LogP contribution in [-0.2, 0) is 14.8 Å². The monoisotopic (exact) mass is 266 g/mol. The maximum Gasteiger partial charge on any atom is 0.241 e. The Labute approximate surface area is 106 Å². The SMILES string of the molecule is COCCNS(=O)(=O)c1cccc2ncccc12. The largest absolute Gasteiger partial charge is 0.383 e. The maximum atomic E-state index is 12.1. The topological polar surface area (TPSA) is 68.3 Å². The van der Waals surface area contributed by atoms with E-state index >= 15 is 0 Å². The van der Waals surface area contributed by atoms with Crippen LogP contribution in [0.5, 0.6) is 0 Å². The number of methoxy groups -OCH3 is 1. The number of fused-ring (bicyclic) bond motifs is 1. The highest BCUT2D eigenvalue weighted by molar-refractivity contribution is 7.89. The second-order valence-electron chi connectivity index (χ2n) is 3.72. The molecular weight excluding hydrogens is 252 g/mol. The molecule has 0 aliphatic carbocycles. The van der Waals surface area contributed by atoms with Crippen molar-refractivity contribution < 1.29 is 13.2 Å². The van der Waals surface area contributed by atoms with Gasteiger partial charge >= 0.3 is 0 Å². The van der Waals surface area contributed by atoms with E-state index in [1.807, 2.05) is 0 Å². The van der Waals surface area contributed by atoms with Crippen molar-refractivity contribution in [1.82, 2.24) is 9.71 Å². The fraction of sp³-hybridized carbons (Fsp3) is 0.250. The molecule has 0 saturated heterocycles. The number of benzene rings is 1. The molecule has 0 amide bonds. The first-order valence-electron chi connectivity index (χ1n) is 5.47. The van der Waals surface area contributed by atoms with Gasteiger partial charge in [0.15, 0.2) is 0 Å². The average Bonchev–Trinajstić information content (AvgIpc) is 2.38. The lowest BCUT2D eigenvalue weighted by atomic mass is 10.2. The second kappa shape index (κ2) is 5.43. The van der Waals surface area contributed by atoms with Gasteiger partial charge in [0.05, 0.1) is 17.0 Å². The van der Waals surface area contributed by atoms with E-state index in [0.717, 1.165) is 0 Å². The lowest BCUT2D eigenvalue weighted by Crippen LogP contribution is -2.27. The van der Waals surface area contributed by atoms with Crippen LogP contribution in [-0.4, -0.2) is 33.7 Å². The normalized spacial score (nSPS) is 11.8. The third kappa shape index (κ3) is 2.66. The fourth-order valence-corrected chi connectivity index (χ4v) is 2.89. The van der Waals surface area contributed by atoms with Crippen LogP contribution in [0.15, 0.2) is 41.4 Å². The zero-order chi connectivity index (χ0) is 13.0. The summed E-state index contributed by atoms with van der Waals surface area (Å²) in [4.78, 5) is 4.37. The zero-order valence-corrected chi connectivity index (χ0v) is 10.8. The summed E-state index contributed by atoms with van der Waals surface area (Å²) >= 11 is 0. The number of nitrogens with zero attached hydrogens (tertiary/aromatic N) is 1. The van der Waals surface area contributed by atoms with Crippen LogP contribution in [0.2, 0.25) is 0 Å². The first kappa shape index (κ1) is 12.9. The van der Waals surface area contributed by atoms with Gasteiger partial charge in [0.2, 0.25) is 10.0 Å². The molecule has 0 radical (unpaired) electrons. The van der Waals surface area contributed by atoms with Gasteiger partial charge in [-0.15, -0.1) is 0 Å². The fourth-order valence-electron chi connectivity index (χ4n) is 1.67. The predicted octanol–water partition coefficient (Wildman–Crippen LogP) is 1.16. The van der Waals surface area contributed by atoms with Crippen molar-refractivity contribution in [1.29, 1.82) is 0 Å². The number of hydrogen-bond acceptors (Lipinski definition) is 4. The number of pyridine rings is 1. The third-order valence-corrected chi connectivity index (χ3v) is 4.01. The molecule has 1 N–H and O–H groups in total. The average molecular weight is 266 g/mol. The smallest absolute Gasteiger partial charge is 0.241 e. The Kier molecular flexibility index (Phi) is 3.90. The van der Waals surface area contributed by atoms with E-state index in [1.165, 1.54) is 7.11 Å². The number of hydrogen-bond donors (Lipinski definition) is 1. The maximum absolute atomic E-state index is 12.1. The minimum absolute atomic E-state index is 0.240. The van der Waals surface area contributed by atoms with Gasteiger partial charge in [-0.1, -0.05) is 6.07 Å². The van der Waals surface area contributed by atoms with Crippen molar-refractivity contribution in [2.75, 3.05) is 20.3 Å². The van der Waals surface area contributed by atoms with Crippen LogP contribution in [0.1, 0.15) is 0 Å². The van der Waals surface area contributed by atoms with Gasteiger partial charge < -0.3 is 4.74 Å². The van der Waals surface area contributed by atoms with Gasteiger partial charge in [-0.2, -0.15) is 0 Å². The molecule has 1 aromatic carbocycles. The standard InChI is InChI=1S/C12H14N2O3S/c1-17-9-8-14-18(15,16)12-6-2-5-11-10(12)4-3-7-13-11/h2-7,14H,8-9H2,1H3. The molecule has 0 aliphatic heterocycles. The molecule has 5 nitrogen and oxygen atoms in total. The molecule has 6 heteroatoms. The Morgan fingerprint density at radius 1 is 1.28 bits per heavy atom. The molecule has 18 heavy (non-hydrogen) atoms. The van der Waals surface area contributed by atoms with Crippen LogP contribution in [0.3, 0.4) is 0 Å². The van der Waals surface area contributed by atoms with E-state index in [-0.39, 0.29) is 11.4 Å². The molecule has 1 heterocycles. The van der Waals surface area contributed by atoms with E-state index < -0.39 is 10.0 Å². The van der Waals surface area contributed by atoms with Crippen molar-refractivity contribution >= 4 is 20.9 Å². The Morgan fingerprint density at radius 3 is 2.89 bits per heavy atom. The highest BCUT2D eigenvalue weighted by atomic mass is 32.2. The predicted molar refractivity (Wildman–Crippen MR) is 68.8 cm³/mol. The molecule has 1 aromatic heterocycles. The van der Waals surface area contributed by atoms with Crippen LogP contribution >= 0.6 is 0 Å². The molecule has 2 aromatic rings. The molecule has 96 valence electrons. The molecule has 0 saturated carbocycles. The number of ether oxygens (including phenoxy) is 1. The van der Waals surface area contributed by atoms with Crippen LogP contribution in [0.4, 0.5) is 0 Å². The Bertz CT molecular complexity index is 635. The summed E-state index contributed by atoms with van der Waals surface area (Å²) in [5, 5.41) is 0.616. The van der Waals surface area contributed by atoms with Crippen molar-refractivity contribution in [2.45, 2.75) is 4.90 Å². The van der Waals surface area contributed by atoms with Crippen molar-refractivity contribution in [3.05, 3.63) is 36.5 Å². The second-order valence-corrected chi connectivity index (χ2v) is 5.45. The van der Waals surface area contributed by atoms with E-state index in [9.17, 15) is 8.42 Å². The minimum atomic E-state index is -3.53. The van der Waals surface area contributed by atoms with Crippen molar-refractivity contribution in [3.8, 4) is 0 Å². The molecule has 0 atom stereocenters. The quantitative estimate of drug-likeness (QED) is 0.825. The number of aromatic nitrogens is 1. The Balaban J connectivity index is 2.41. The summed E-state index contributed by atoms with van der Waals surface area (Å²) in [6, 6.07) is 8.49. The summed E-state index contributed by atoms with van der Waals surface area (Å²) in [6.45, 7) is 0.581. The molecular formula is C12H14N2O3S.